The van der Waals surface area contributed by atoms with Crippen LogP contribution in [0.4, 0.5) is 0 Å². The summed E-state index contributed by atoms with van der Waals surface area (Å²) in [6, 6.07) is 8.25. The lowest BCUT2D eigenvalue weighted by Crippen LogP contribution is -2.04. The van der Waals surface area contributed by atoms with Gasteiger partial charge in [0.25, 0.3) is 0 Å². The molecule has 0 aliphatic rings. The van der Waals surface area contributed by atoms with Gasteiger partial charge < -0.3 is 19.3 Å². The number of carbonyl (C=O) groups is 1. The largest absolute Gasteiger partial charge is 0.481 e. The number of carboxylic acids is 1. The number of ether oxygens (including phenoxy) is 3. The predicted molar refractivity (Wildman–Crippen MR) is 83.9 cm³/mol. The minimum atomic E-state index is -1.14. The lowest BCUT2D eigenvalue weighted by atomic mass is 10.1. The zero-order chi connectivity index (χ0) is 17.1. The molecule has 1 N–H and O–H groups in total. The van der Waals surface area contributed by atoms with Crippen molar-refractivity contribution in [1.82, 2.24) is 15.0 Å². The highest BCUT2D eigenvalue weighted by atomic mass is 16.5. The van der Waals surface area contributed by atoms with Gasteiger partial charge in [-0.25, -0.2) is 4.79 Å². The number of rotatable bonds is 5. The van der Waals surface area contributed by atoms with Crippen molar-refractivity contribution in [2.45, 2.75) is 0 Å². The molecule has 0 fully saturated rings. The number of aromatic carboxylic acids is 1. The average molecular weight is 327 g/mol. The van der Waals surface area contributed by atoms with Crippen LogP contribution < -0.4 is 14.2 Å². The SMILES string of the molecule is COc1cc(OC)nc(Oc2cnc3ccccc3c2C(=O)O)n1. The molecule has 0 saturated heterocycles. The van der Waals surface area contributed by atoms with E-state index in [1.165, 1.54) is 26.5 Å². The van der Waals surface area contributed by atoms with E-state index in [0.29, 0.717) is 10.9 Å². The first kappa shape index (κ1) is 15.5. The molecule has 2 aromatic heterocycles. The number of nitrogens with zero attached hydrogens (tertiary/aromatic N) is 3. The lowest BCUT2D eigenvalue weighted by Gasteiger charge is -2.10. The van der Waals surface area contributed by atoms with Crippen LogP contribution in [-0.4, -0.2) is 40.2 Å². The molecule has 2 heterocycles. The maximum atomic E-state index is 11.7. The molecule has 0 aliphatic carbocycles. The Labute approximate surface area is 136 Å². The van der Waals surface area contributed by atoms with Crippen LogP contribution in [0, 0.1) is 0 Å². The quantitative estimate of drug-likeness (QED) is 0.762. The summed E-state index contributed by atoms with van der Waals surface area (Å²) in [5.41, 5.74) is 0.525. The monoisotopic (exact) mass is 327 g/mol. The summed E-state index contributed by atoms with van der Waals surface area (Å²) in [4.78, 5) is 23.9. The number of fused-ring (bicyclic) bond motifs is 1. The van der Waals surface area contributed by atoms with Gasteiger partial charge in [-0.3, -0.25) is 4.98 Å². The smallest absolute Gasteiger partial charge is 0.340 e. The molecule has 0 aliphatic heterocycles. The summed E-state index contributed by atoms with van der Waals surface area (Å²) in [7, 11) is 2.87. The van der Waals surface area contributed by atoms with Crippen LogP contribution in [0.15, 0.2) is 36.5 Å². The highest BCUT2D eigenvalue weighted by Gasteiger charge is 2.19. The third-order valence-electron chi connectivity index (χ3n) is 3.23. The summed E-state index contributed by atoms with van der Waals surface area (Å²) < 4.78 is 15.6. The molecule has 0 saturated carbocycles. The van der Waals surface area contributed by atoms with Crippen LogP contribution in [-0.2, 0) is 0 Å². The van der Waals surface area contributed by atoms with Crippen LogP contribution in [0.2, 0.25) is 0 Å². The third kappa shape index (κ3) is 2.89. The van der Waals surface area contributed by atoms with Gasteiger partial charge in [-0.15, -0.1) is 0 Å². The second kappa shape index (κ2) is 6.37. The fourth-order valence-electron chi connectivity index (χ4n) is 2.16. The Bertz CT molecular complexity index is 891. The zero-order valence-electron chi connectivity index (χ0n) is 12.9. The van der Waals surface area contributed by atoms with Crippen LogP contribution in [0.5, 0.6) is 23.5 Å². The second-order valence-electron chi connectivity index (χ2n) is 4.66. The van der Waals surface area contributed by atoms with Crippen LogP contribution in [0.25, 0.3) is 10.9 Å². The van der Waals surface area contributed by atoms with Crippen molar-refractivity contribution in [3.63, 3.8) is 0 Å². The van der Waals surface area contributed by atoms with Crippen molar-refractivity contribution in [3.8, 4) is 23.5 Å². The molecule has 0 bridgehead atoms. The van der Waals surface area contributed by atoms with E-state index >= 15 is 0 Å². The Balaban J connectivity index is 2.10. The number of para-hydroxylation sites is 1. The molecule has 1 aromatic carbocycles. The van der Waals surface area contributed by atoms with E-state index in [9.17, 15) is 9.90 Å². The van der Waals surface area contributed by atoms with E-state index in [2.05, 4.69) is 15.0 Å². The number of carboxylic acid groups (broad SMARTS) is 1. The molecule has 0 spiro atoms. The van der Waals surface area contributed by atoms with Crippen LogP contribution in [0.3, 0.4) is 0 Å². The molecular formula is C16H13N3O5. The van der Waals surface area contributed by atoms with Gasteiger partial charge >= 0.3 is 12.0 Å². The molecule has 0 amide bonds. The van der Waals surface area contributed by atoms with Crippen LogP contribution in [0.1, 0.15) is 10.4 Å². The molecule has 0 unspecified atom stereocenters. The highest BCUT2D eigenvalue weighted by molar-refractivity contribution is 6.04. The van der Waals surface area contributed by atoms with Crippen molar-refractivity contribution in [2.75, 3.05) is 14.2 Å². The van der Waals surface area contributed by atoms with Gasteiger partial charge in [-0.2, -0.15) is 9.97 Å². The predicted octanol–water partition coefficient (Wildman–Crippen LogP) is 2.53. The zero-order valence-corrected chi connectivity index (χ0v) is 12.9. The van der Waals surface area contributed by atoms with E-state index in [1.807, 2.05) is 0 Å². The fraction of sp³-hybridized carbons (Fsp3) is 0.125. The minimum Gasteiger partial charge on any atom is -0.481 e. The lowest BCUT2D eigenvalue weighted by molar-refractivity contribution is 0.0696. The normalized spacial score (nSPS) is 10.4. The van der Waals surface area contributed by atoms with Crippen molar-refractivity contribution in [2.24, 2.45) is 0 Å². The van der Waals surface area contributed by atoms with Gasteiger partial charge in [0, 0.05) is 5.39 Å². The Morgan fingerprint density at radius 1 is 1.08 bits per heavy atom. The first-order chi connectivity index (χ1) is 11.6. The maximum Gasteiger partial charge on any atom is 0.340 e. The van der Waals surface area contributed by atoms with Gasteiger partial charge in [0.1, 0.15) is 5.56 Å². The molecule has 0 radical (unpaired) electrons. The first-order valence-electron chi connectivity index (χ1n) is 6.88. The Morgan fingerprint density at radius 2 is 1.75 bits per heavy atom. The van der Waals surface area contributed by atoms with Gasteiger partial charge in [-0.05, 0) is 6.07 Å². The Morgan fingerprint density at radius 3 is 2.38 bits per heavy atom. The molecule has 3 aromatic rings. The molecule has 0 atom stereocenters. The number of methoxy groups -OCH3 is 2. The van der Waals surface area contributed by atoms with E-state index in [1.54, 1.807) is 24.3 Å². The number of benzene rings is 1. The van der Waals surface area contributed by atoms with Crippen molar-refractivity contribution in [3.05, 3.63) is 42.1 Å². The topological polar surface area (TPSA) is 104 Å². The summed E-state index contributed by atoms with van der Waals surface area (Å²) in [6.07, 6.45) is 1.32. The third-order valence-corrected chi connectivity index (χ3v) is 3.23. The molecule has 8 nitrogen and oxygen atoms in total. The molecule has 3 rings (SSSR count). The Hall–Kier alpha value is -3.42. The number of hydrogen-bond donors (Lipinski definition) is 1. The van der Waals surface area contributed by atoms with Gasteiger partial charge in [0.15, 0.2) is 5.75 Å². The number of hydrogen-bond acceptors (Lipinski definition) is 7. The van der Waals surface area contributed by atoms with Gasteiger partial charge in [-0.1, -0.05) is 18.2 Å². The summed E-state index contributed by atoms with van der Waals surface area (Å²) in [5.74, 6) is -0.667. The second-order valence-corrected chi connectivity index (χ2v) is 4.66. The van der Waals surface area contributed by atoms with E-state index in [4.69, 9.17) is 14.2 Å². The van der Waals surface area contributed by atoms with Crippen molar-refractivity contribution >= 4 is 16.9 Å². The molecule has 24 heavy (non-hydrogen) atoms. The van der Waals surface area contributed by atoms with E-state index in [0.717, 1.165) is 0 Å². The molecular weight excluding hydrogens is 314 g/mol. The van der Waals surface area contributed by atoms with Crippen molar-refractivity contribution < 1.29 is 24.1 Å². The molecule has 8 heteroatoms. The summed E-state index contributed by atoms with van der Waals surface area (Å²) in [5, 5.41) is 10.0. The van der Waals surface area contributed by atoms with Crippen molar-refractivity contribution in [1.29, 1.82) is 0 Å². The highest BCUT2D eigenvalue weighted by Crippen LogP contribution is 2.30. The van der Waals surface area contributed by atoms with E-state index in [-0.39, 0.29) is 29.1 Å². The fourth-order valence-corrected chi connectivity index (χ4v) is 2.16. The van der Waals surface area contributed by atoms with Gasteiger partial charge in [0.2, 0.25) is 11.8 Å². The Kier molecular flexibility index (Phi) is 4.11. The molecule has 122 valence electrons. The van der Waals surface area contributed by atoms with E-state index < -0.39 is 5.97 Å². The van der Waals surface area contributed by atoms with Crippen LogP contribution >= 0.6 is 0 Å². The number of pyridine rings is 1. The standard InChI is InChI=1S/C16H13N3O5/c1-22-12-7-13(23-2)19-16(18-12)24-11-8-17-10-6-4-3-5-9(10)14(11)15(20)21/h3-8H,1-2H3,(H,20,21). The van der Waals surface area contributed by atoms with Gasteiger partial charge in [0.05, 0.1) is 32.0 Å². The maximum absolute atomic E-state index is 11.7. The summed E-state index contributed by atoms with van der Waals surface area (Å²) in [6.45, 7) is 0. The minimum absolute atomic E-state index is 0.0222. The summed E-state index contributed by atoms with van der Waals surface area (Å²) >= 11 is 0. The number of aromatic nitrogens is 3. The average Bonchev–Trinajstić information content (AvgIpc) is 2.60. The first-order valence-corrected chi connectivity index (χ1v) is 6.88.